The number of nitrogens with one attached hydrogen (secondary N) is 1. The van der Waals surface area contributed by atoms with Gasteiger partial charge in [0.1, 0.15) is 0 Å². The first-order valence-corrected chi connectivity index (χ1v) is 9.77. The van der Waals surface area contributed by atoms with E-state index in [0.717, 1.165) is 30.9 Å². The lowest BCUT2D eigenvalue weighted by Crippen LogP contribution is -2.24. The third-order valence-electron chi connectivity index (χ3n) is 4.30. The molecule has 22 heavy (non-hydrogen) atoms. The van der Waals surface area contributed by atoms with Crippen LogP contribution in [0.15, 0.2) is 18.3 Å². The molecule has 1 fully saturated rings. The number of rotatable bonds is 6. The highest BCUT2D eigenvalue weighted by Gasteiger charge is 2.24. The summed E-state index contributed by atoms with van der Waals surface area (Å²) in [7, 11) is -3.31. The van der Waals surface area contributed by atoms with E-state index < -0.39 is 10.0 Å². The lowest BCUT2D eigenvalue weighted by atomic mass is 9.80. The fourth-order valence-electron chi connectivity index (χ4n) is 2.96. The molecule has 5 nitrogen and oxygen atoms in total. The highest BCUT2D eigenvalue weighted by Crippen LogP contribution is 2.31. The van der Waals surface area contributed by atoms with Crippen molar-refractivity contribution < 1.29 is 13.2 Å². The quantitative estimate of drug-likeness (QED) is 0.872. The molecule has 1 aliphatic carbocycles. The van der Waals surface area contributed by atoms with E-state index in [0.29, 0.717) is 18.0 Å². The number of ether oxygens (including phenoxy) is 1. The van der Waals surface area contributed by atoms with Crippen molar-refractivity contribution in [2.75, 3.05) is 11.0 Å². The maximum atomic E-state index is 11.4. The molecule has 0 aromatic carbocycles. The van der Waals surface area contributed by atoms with Gasteiger partial charge in [0.2, 0.25) is 10.0 Å². The molecule has 0 bridgehead atoms. The fraction of sp³-hybridized carbons (Fsp3) is 0.688. The molecule has 1 aromatic heterocycles. The zero-order valence-corrected chi connectivity index (χ0v) is 14.4. The zero-order valence-electron chi connectivity index (χ0n) is 13.6. The molecule has 0 amide bonds. The van der Waals surface area contributed by atoms with Gasteiger partial charge in [-0.1, -0.05) is 13.8 Å². The van der Waals surface area contributed by atoms with E-state index in [1.807, 2.05) is 0 Å². The van der Waals surface area contributed by atoms with E-state index in [1.54, 1.807) is 18.3 Å². The molecule has 1 N–H and O–H groups in total. The fourth-order valence-corrected chi connectivity index (χ4v) is 3.55. The van der Waals surface area contributed by atoms with E-state index >= 15 is 0 Å². The summed E-state index contributed by atoms with van der Waals surface area (Å²) in [6, 6.07) is 3.42. The Balaban J connectivity index is 1.90. The van der Waals surface area contributed by atoms with Crippen LogP contribution in [-0.2, 0) is 21.4 Å². The van der Waals surface area contributed by atoms with Crippen LogP contribution in [0.5, 0.6) is 0 Å². The average molecular weight is 326 g/mol. The maximum absolute atomic E-state index is 11.4. The van der Waals surface area contributed by atoms with Gasteiger partial charge in [-0.25, -0.2) is 8.42 Å². The Hall–Kier alpha value is -1.14. The molecule has 124 valence electrons. The van der Waals surface area contributed by atoms with Crippen LogP contribution in [0.4, 0.5) is 5.69 Å². The van der Waals surface area contributed by atoms with Crippen molar-refractivity contribution in [1.82, 2.24) is 4.98 Å². The minimum Gasteiger partial charge on any atom is -0.372 e. The number of sulfonamides is 1. The van der Waals surface area contributed by atoms with Gasteiger partial charge in [-0.2, -0.15) is 0 Å². The minimum atomic E-state index is -3.31. The molecule has 0 aliphatic heterocycles. The van der Waals surface area contributed by atoms with Crippen LogP contribution < -0.4 is 4.72 Å². The second kappa shape index (κ2) is 7.42. The van der Waals surface area contributed by atoms with Crippen molar-refractivity contribution in [2.24, 2.45) is 11.8 Å². The minimum absolute atomic E-state index is 0.253. The highest BCUT2D eigenvalue weighted by molar-refractivity contribution is 7.92. The normalized spacial score (nSPS) is 22.7. The van der Waals surface area contributed by atoms with Gasteiger partial charge in [0, 0.05) is 6.20 Å². The van der Waals surface area contributed by atoms with E-state index in [-0.39, 0.29) is 6.10 Å². The lowest BCUT2D eigenvalue weighted by molar-refractivity contribution is 0.00145. The standard InChI is InChI=1S/C16H26N2O3S/c1-12(2)13-6-8-14(9-7-13)21-11-16-15(5-4-10-17-16)18-22(3,19)20/h4-5,10,12-14,18H,6-9,11H2,1-3H3. The summed E-state index contributed by atoms with van der Waals surface area (Å²) in [5, 5.41) is 0. The second-order valence-corrected chi connectivity index (χ2v) is 8.21. The van der Waals surface area contributed by atoms with E-state index in [1.165, 1.54) is 12.8 Å². The third kappa shape index (κ3) is 5.25. The molecule has 0 atom stereocenters. The van der Waals surface area contributed by atoms with Crippen LogP contribution in [-0.4, -0.2) is 25.8 Å². The van der Waals surface area contributed by atoms with E-state index in [2.05, 4.69) is 23.6 Å². The Morgan fingerprint density at radius 2 is 2.00 bits per heavy atom. The van der Waals surface area contributed by atoms with Gasteiger partial charge >= 0.3 is 0 Å². The van der Waals surface area contributed by atoms with Crippen molar-refractivity contribution in [3.05, 3.63) is 24.0 Å². The third-order valence-corrected chi connectivity index (χ3v) is 4.89. The van der Waals surface area contributed by atoms with Crippen LogP contribution in [0, 0.1) is 11.8 Å². The summed E-state index contributed by atoms with van der Waals surface area (Å²) in [5.41, 5.74) is 1.14. The van der Waals surface area contributed by atoms with Gasteiger partial charge in [-0.3, -0.25) is 9.71 Å². The molecule has 6 heteroatoms. The van der Waals surface area contributed by atoms with Gasteiger partial charge in [-0.05, 0) is 49.7 Å². The van der Waals surface area contributed by atoms with Crippen LogP contribution in [0.1, 0.15) is 45.2 Å². The predicted octanol–water partition coefficient (Wildman–Crippen LogP) is 3.18. The van der Waals surface area contributed by atoms with Gasteiger partial charge < -0.3 is 4.74 Å². The number of hydrogen-bond acceptors (Lipinski definition) is 4. The van der Waals surface area contributed by atoms with Crippen LogP contribution in [0.2, 0.25) is 0 Å². The largest absolute Gasteiger partial charge is 0.372 e. The number of aromatic nitrogens is 1. The van der Waals surface area contributed by atoms with Gasteiger partial charge in [0.15, 0.2) is 0 Å². The smallest absolute Gasteiger partial charge is 0.229 e. The second-order valence-electron chi connectivity index (χ2n) is 6.46. The van der Waals surface area contributed by atoms with Gasteiger partial charge in [0.05, 0.1) is 30.3 Å². The number of nitrogens with zero attached hydrogens (tertiary/aromatic N) is 1. The van der Waals surface area contributed by atoms with Crippen LogP contribution >= 0.6 is 0 Å². The van der Waals surface area contributed by atoms with Crippen molar-refractivity contribution in [3.8, 4) is 0 Å². The summed E-state index contributed by atoms with van der Waals surface area (Å²) in [6.45, 7) is 4.90. The molecular formula is C16H26N2O3S. The molecule has 0 radical (unpaired) electrons. The summed E-state index contributed by atoms with van der Waals surface area (Å²) in [5.74, 6) is 1.54. The Morgan fingerprint density at radius 1 is 1.32 bits per heavy atom. The van der Waals surface area contributed by atoms with E-state index in [4.69, 9.17) is 4.74 Å². The molecular weight excluding hydrogens is 300 g/mol. The molecule has 1 aromatic rings. The molecule has 1 heterocycles. The van der Waals surface area contributed by atoms with Gasteiger partial charge in [-0.15, -0.1) is 0 Å². The Labute approximate surface area is 133 Å². The van der Waals surface area contributed by atoms with E-state index in [9.17, 15) is 8.42 Å². The Bertz CT molecular complexity index is 579. The Kier molecular flexibility index (Phi) is 5.81. The van der Waals surface area contributed by atoms with Crippen molar-refractivity contribution in [3.63, 3.8) is 0 Å². The monoisotopic (exact) mass is 326 g/mol. The first-order chi connectivity index (χ1) is 10.3. The highest BCUT2D eigenvalue weighted by atomic mass is 32.2. The van der Waals surface area contributed by atoms with Gasteiger partial charge in [0.25, 0.3) is 0 Å². The predicted molar refractivity (Wildman–Crippen MR) is 88.1 cm³/mol. The molecule has 0 unspecified atom stereocenters. The molecule has 2 rings (SSSR count). The number of anilines is 1. The molecule has 0 saturated heterocycles. The lowest BCUT2D eigenvalue weighted by Gasteiger charge is -2.30. The van der Waals surface area contributed by atoms with Crippen molar-refractivity contribution in [1.29, 1.82) is 0 Å². The molecule has 0 spiro atoms. The molecule has 1 aliphatic rings. The average Bonchev–Trinajstić information content (AvgIpc) is 2.45. The summed E-state index contributed by atoms with van der Waals surface area (Å²) in [6.07, 6.45) is 7.61. The number of hydrogen-bond donors (Lipinski definition) is 1. The van der Waals surface area contributed by atoms with Crippen molar-refractivity contribution >= 4 is 15.7 Å². The topological polar surface area (TPSA) is 68.3 Å². The Morgan fingerprint density at radius 3 is 2.59 bits per heavy atom. The summed E-state index contributed by atoms with van der Waals surface area (Å²) >= 11 is 0. The maximum Gasteiger partial charge on any atom is 0.229 e. The first-order valence-electron chi connectivity index (χ1n) is 7.88. The molecule has 1 saturated carbocycles. The summed E-state index contributed by atoms with van der Waals surface area (Å²) in [4.78, 5) is 4.24. The SMILES string of the molecule is CC(C)C1CCC(OCc2ncccc2NS(C)(=O)=O)CC1. The van der Waals surface area contributed by atoms with Crippen LogP contribution in [0.3, 0.4) is 0 Å². The zero-order chi connectivity index (χ0) is 16.2. The number of pyridine rings is 1. The van der Waals surface area contributed by atoms with Crippen LogP contribution in [0.25, 0.3) is 0 Å². The van der Waals surface area contributed by atoms with Crippen molar-refractivity contribution in [2.45, 2.75) is 52.2 Å². The summed E-state index contributed by atoms with van der Waals surface area (Å²) < 4.78 is 31.2. The first kappa shape index (κ1) is 17.2.